The number of hydrogen-bond acceptors (Lipinski definition) is 4. The summed E-state index contributed by atoms with van der Waals surface area (Å²) in [6.45, 7) is 1.83. The van der Waals surface area contributed by atoms with E-state index in [2.05, 4.69) is 10.3 Å². The molecule has 3 rings (SSSR count). The smallest absolute Gasteiger partial charge is 0.262 e. The van der Waals surface area contributed by atoms with Crippen LogP contribution in [0.25, 0.3) is 10.9 Å². The molecule has 1 atom stereocenters. The summed E-state index contributed by atoms with van der Waals surface area (Å²) in [6, 6.07) is 4.76. The van der Waals surface area contributed by atoms with E-state index >= 15 is 0 Å². The van der Waals surface area contributed by atoms with Crippen molar-refractivity contribution in [2.24, 2.45) is 0 Å². The molecule has 2 aromatic rings. The molecule has 1 aliphatic heterocycles. The van der Waals surface area contributed by atoms with Gasteiger partial charge < -0.3 is 0 Å². The number of hydrogen-bond donors (Lipinski definition) is 1. The van der Waals surface area contributed by atoms with E-state index in [-0.39, 0.29) is 17.9 Å². The number of amides is 2. The number of piperidine rings is 1. The number of aromatic nitrogens is 2. The highest BCUT2D eigenvalue weighted by atomic mass is 16.2. The van der Waals surface area contributed by atoms with Crippen LogP contribution >= 0.6 is 0 Å². The van der Waals surface area contributed by atoms with E-state index in [0.717, 1.165) is 5.56 Å². The Labute approximate surface area is 114 Å². The fourth-order valence-electron chi connectivity index (χ4n) is 2.51. The molecule has 0 saturated carbocycles. The van der Waals surface area contributed by atoms with E-state index in [1.807, 2.05) is 19.1 Å². The Morgan fingerprint density at radius 3 is 2.85 bits per heavy atom. The quantitative estimate of drug-likeness (QED) is 0.773. The fraction of sp³-hybridized carbons (Fsp3) is 0.286. The Hall–Kier alpha value is -2.50. The monoisotopic (exact) mass is 271 g/mol. The summed E-state index contributed by atoms with van der Waals surface area (Å²) in [5.41, 5.74) is 1.18. The van der Waals surface area contributed by atoms with Crippen LogP contribution in [0.1, 0.15) is 24.4 Å². The Kier molecular flexibility index (Phi) is 2.85. The second-order valence-corrected chi connectivity index (χ2v) is 4.89. The predicted octanol–water partition coefficient (Wildman–Crippen LogP) is 0.683. The zero-order valence-electron chi connectivity index (χ0n) is 10.9. The highest BCUT2D eigenvalue weighted by molar-refractivity contribution is 5.99. The summed E-state index contributed by atoms with van der Waals surface area (Å²) in [6.07, 6.45) is 1.93. The van der Waals surface area contributed by atoms with Gasteiger partial charge in [-0.15, -0.1) is 0 Å². The first-order chi connectivity index (χ1) is 9.58. The minimum Gasteiger partial charge on any atom is -0.295 e. The van der Waals surface area contributed by atoms with Crippen molar-refractivity contribution >= 4 is 22.7 Å². The molecule has 2 heterocycles. The molecule has 6 nitrogen and oxygen atoms in total. The number of carbonyl (C=O) groups is 2. The van der Waals surface area contributed by atoms with Crippen LogP contribution in [0.5, 0.6) is 0 Å². The maximum atomic E-state index is 12.5. The average molecular weight is 271 g/mol. The second kappa shape index (κ2) is 4.56. The van der Waals surface area contributed by atoms with E-state index in [1.165, 1.54) is 10.9 Å². The Morgan fingerprint density at radius 1 is 1.30 bits per heavy atom. The Bertz CT molecular complexity index is 779. The number of nitrogens with one attached hydrogen (secondary N) is 1. The molecule has 1 saturated heterocycles. The zero-order valence-corrected chi connectivity index (χ0v) is 10.9. The van der Waals surface area contributed by atoms with Gasteiger partial charge in [-0.05, 0) is 25.0 Å². The van der Waals surface area contributed by atoms with Gasteiger partial charge in [0.15, 0.2) is 0 Å². The van der Waals surface area contributed by atoms with Crippen molar-refractivity contribution in [3.63, 3.8) is 0 Å². The van der Waals surface area contributed by atoms with Crippen molar-refractivity contribution in [1.29, 1.82) is 0 Å². The molecule has 1 aliphatic rings. The zero-order chi connectivity index (χ0) is 14.3. The standard InChI is InChI=1S/C14H13N3O3/c1-8-3-2-4-9-12(8)14(20)17(7-15-9)10-5-6-11(18)16-13(10)19/h2-4,7,10H,5-6H2,1H3,(H,16,18,19). The van der Waals surface area contributed by atoms with Gasteiger partial charge in [0.1, 0.15) is 6.04 Å². The lowest BCUT2D eigenvalue weighted by Gasteiger charge is -2.22. The van der Waals surface area contributed by atoms with Crippen LogP contribution in [0.2, 0.25) is 0 Å². The molecule has 1 aromatic heterocycles. The van der Waals surface area contributed by atoms with Gasteiger partial charge in [0.2, 0.25) is 11.8 Å². The number of nitrogens with zero attached hydrogens (tertiary/aromatic N) is 2. The third kappa shape index (κ3) is 1.89. The Balaban J connectivity index is 2.16. The summed E-state index contributed by atoms with van der Waals surface area (Å²) in [4.78, 5) is 39.8. The van der Waals surface area contributed by atoms with E-state index < -0.39 is 11.9 Å². The molecule has 0 bridgehead atoms. The van der Waals surface area contributed by atoms with Gasteiger partial charge in [0, 0.05) is 6.42 Å². The summed E-state index contributed by atoms with van der Waals surface area (Å²) in [5.74, 6) is -0.748. The average Bonchev–Trinajstić information content (AvgIpc) is 2.40. The molecule has 102 valence electrons. The molecule has 1 unspecified atom stereocenters. The highest BCUT2D eigenvalue weighted by Gasteiger charge is 2.29. The molecule has 0 radical (unpaired) electrons. The van der Waals surface area contributed by atoms with Crippen LogP contribution in [0, 0.1) is 6.92 Å². The van der Waals surface area contributed by atoms with Crippen LogP contribution in [-0.2, 0) is 9.59 Å². The van der Waals surface area contributed by atoms with Gasteiger partial charge in [-0.2, -0.15) is 0 Å². The SMILES string of the molecule is Cc1cccc2ncn(C3CCC(=O)NC3=O)c(=O)c12. The minimum atomic E-state index is -0.670. The van der Waals surface area contributed by atoms with Gasteiger partial charge in [-0.25, -0.2) is 4.98 Å². The fourth-order valence-corrected chi connectivity index (χ4v) is 2.51. The number of benzene rings is 1. The van der Waals surface area contributed by atoms with Gasteiger partial charge in [-0.3, -0.25) is 24.3 Å². The van der Waals surface area contributed by atoms with Crippen molar-refractivity contribution in [3.8, 4) is 0 Å². The van der Waals surface area contributed by atoms with Crippen LogP contribution in [0.4, 0.5) is 0 Å². The van der Waals surface area contributed by atoms with Crippen LogP contribution in [-0.4, -0.2) is 21.4 Å². The lowest BCUT2D eigenvalue weighted by atomic mass is 10.1. The first-order valence-electron chi connectivity index (χ1n) is 6.38. The van der Waals surface area contributed by atoms with Gasteiger partial charge >= 0.3 is 0 Å². The van der Waals surface area contributed by atoms with Crippen LogP contribution < -0.4 is 10.9 Å². The maximum Gasteiger partial charge on any atom is 0.262 e. The normalized spacial score (nSPS) is 19.1. The second-order valence-electron chi connectivity index (χ2n) is 4.89. The molecule has 1 aromatic carbocycles. The van der Waals surface area contributed by atoms with E-state index in [0.29, 0.717) is 17.3 Å². The number of carbonyl (C=O) groups excluding carboxylic acids is 2. The molecule has 1 N–H and O–H groups in total. The summed E-state index contributed by atoms with van der Waals surface area (Å²) < 4.78 is 1.32. The summed E-state index contributed by atoms with van der Waals surface area (Å²) in [5, 5.41) is 2.77. The number of aryl methyl sites for hydroxylation is 1. The molecule has 1 fully saturated rings. The largest absolute Gasteiger partial charge is 0.295 e. The first-order valence-corrected chi connectivity index (χ1v) is 6.38. The summed E-state index contributed by atoms with van der Waals surface area (Å²) in [7, 11) is 0. The topological polar surface area (TPSA) is 81.1 Å². The number of imide groups is 1. The van der Waals surface area contributed by atoms with Gasteiger partial charge in [-0.1, -0.05) is 12.1 Å². The van der Waals surface area contributed by atoms with Crippen molar-refractivity contribution in [2.45, 2.75) is 25.8 Å². The molecule has 6 heteroatoms. The minimum absolute atomic E-state index is 0.231. The van der Waals surface area contributed by atoms with Gasteiger partial charge in [0.05, 0.1) is 17.2 Å². The third-order valence-electron chi connectivity index (χ3n) is 3.57. The molecule has 20 heavy (non-hydrogen) atoms. The lowest BCUT2D eigenvalue weighted by molar-refractivity contribution is -0.135. The van der Waals surface area contributed by atoms with E-state index in [4.69, 9.17) is 0 Å². The molecule has 2 amide bonds. The summed E-state index contributed by atoms with van der Waals surface area (Å²) >= 11 is 0. The number of rotatable bonds is 1. The van der Waals surface area contributed by atoms with E-state index in [1.54, 1.807) is 6.07 Å². The van der Waals surface area contributed by atoms with Crippen LogP contribution in [0.15, 0.2) is 29.3 Å². The highest BCUT2D eigenvalue weighted by Crippen LogP contribution is 2.18. The third-order valence-corrected chi connectivity index (χ3v) is 3.57. The molecule has 0 spiro atoms. The first kappa shape index (κ1) is 12.5. The Morgan fingerprint density at radius 2 is 2.10 bits per heavy atom. The van der Waals surface area contributed by atoms with Crippen LogP contribution in [0.3, 0.4) is 0 Å². The molecular weight excluding hydrogens is 258 g/mol. The van der Waals surface area contributed by atoms with E-state index in [9.17, 15) is 14.4 Å². The molecule has 0 aliphatic carbocycles. The number of fused-ring (bicyclic) bond motifs is 1. The molecular formula is C14H13N3O3. The maximum absolute atomic E-state index is 12.5. The van der Waals surface area contributed by atoms with Crippen molar-refractivity contribution in [2.75, 3.05) is 0 Å². The van der Waals surface area contributed by atoms with Crippen molar-refractivity contribution in [3.05, 3.63) is 40.4 Å². The van der Waals surface area contributed by atoms with Crippen molar-refractivity contribution < 1.29 is 9.59 Å². The predicted molar refractivity (Wildman–Crippen MR) is 72.2 cm³/mol. The lowest BCUT2D eigenvalue weighted by Crippen LogP contribution is -2.44. The van der Waals surface area contributed by atoms with Crippen molar-refractivity contribution in [1.82, 2.24) is 14.9 Å². The van der Waals surface area contributed by atoms with Gasteiger partial charge in [0.25, 0.3) is 5.56 Å².